The molecule has 4 heteroatoms. The van der Waals surface area contributed by atoms with Gasteiger partial charge in [-0.1, -0.05) is 0 Å². The molecule has 0 aromatic rings. The molecule has 0 aromatic heterocycles. The van der Waals surface area contributed by atoms with Gasteiger partial charge in [-0.3, -0.25) is 0 Å². The van der Waals surface area contributed by atoms with Crippen molar-refractivity contribution in [1.82, 2.24) is 0 Å². The topological polar surface area (TPSA) is 60.3 Å². The van der Waals surface area contributed by atoms with Crippen molar-refractivity contribution in [2.45, 2.75) is 54.9 Å². The van der Waals surface area contributed by atoms with Crippen molar-refractivity contribution in [3.05, 3.63) is 10.4 Å². The molecule has 0 atom stereocenters. The molecule has 1 N–H and O–H groups in total. The van der Waals surface area contributed by atoms with Gasteiger partial charge in [-0.05, 0) is 10.4 Å². The van der Waals surface area contributed by atoms with Gasteiger partial charge < -0.3 is 0 Å². The molecule has 0 bridgehead atoms. The van der Waals surface area contributed by atoms with Crippen LogP contribution >= 0.6 is 0 Å². The monoisotopic (exact) mass is 334 g/mol. The number of hydrogen-bond donors (Lipinski definition) is 1. The van der Waals surface area contributed by atoms with Crippen LogP contribution in [0.2, 0.25) is 13.3 Å². The van der Waals surface area contributed by atoms with E-state index in [9.17, 15) is 0 Å². The van der Waals surface area contributed by atoms with E-state index in [0.29, 0.717) is 0 Å². The number of nitrogens with one attached hydrogen (secondary N) is 1. The standard InChI is InChI=1S/3C4H9.HN3.Sn/c3*1-4(2)3;1-3-2;/h3*4H,1H2,2-3H3;1H;. The first kappa shape index (κ1) is 18.5. The third-order valence-corrected chi connectivity index (χ3v) is 14.0. The maximum absolute atomic E-state index is 6.86. The van der Waals surface area contributed by atoms with Crippen LogP contribution in [-0.4, -0.2) is 19.8 Å². The van der Waals surface area contributed by atoms with Gasteiger partial charge in [-0.25, -0.2) is 0 Å². The molecule has 0 rings (SSSR count). The third kappa shape index (κ3) is 16.5. The summed E-state index contributed by atoms with van der Waals surface area (Å²) in [7, 11) is 0. The Bertz CT molecular complexity index is 161. The molecule has 0 heterocycles. The van der Waals surface area contributed by atoms with Crippen molar-refractivity contribution >= 4 is 19.8 Å². The van der Waals surface area contributed by atoms with Crippen molar-refractivity contribution in [1.29, 1.82) is 5.53 Å². The zero-order chi connectivity index (χ0) is 13.1. The van der Waals surface area contributed by atoms with E-state index in [1.807, 2.05) is 0 Å². The zero-order valence-electron chi connectivity index (χ0n) is 11.7. The van der Waals surface area contributed by atoms with Crippen molar-refractivity contribution in [3.8, 4) is 0 Å². The molecule has 0 amide bonds. The molecule has 0 saturated heterocycles. The molecule has 0 saturated carbocycles. The summed E-state index contributed by atoms with van der Waals surface area (Å²) in [5.41, 5.74) is 12.2. The van der Waals surface area contributed by atoms with Crippen LogP contribution in [0.25, 0.3) is 10.4 Å². The van der Waals surface area contributed by atoms with Gasteiger partial charge in [0.2, 0.25) is 0 Å². The summed E-state index contributed by atoms with van der Waals surface area (Å²) in [6.07, 6.45) is 0. The zero-order valence-corrected chi connectivity index (χ0v) is 14.6. The summed E-state index contributed by atoms with van der Waals surface area (Å²) in [6, 6.07) is 0. The predicted molar refractivity (Wildman–Crippen MR) is 74.1 cm³/mol. The van der Waals surface area contributed by atoms with E-state index < -0.39 is 19.8 Å². The first-order valence-corrected chi connectivity index (χ1v) is 12.2. The molecule has 0 aliphatic heterocycles. The summed E-state index contributed by atoms with van der Waals surface area (Å²) in [4.78, 5) is 1.75. The summed E-state index contributed by atoms with van der Waals surface area (Å²) >= 11 is -0.976. The maximum atomic E-state index is 6.86. The minimum atomic E-state index is -0.976. The SMILES string of the molecule is CC(C)[CH2][Sn]([CH2]C(C)C)[CH2]C(C)C.[N-]=[N+]=N. The molecule has 0 aliphatic carbocycles. The second-order valence-corrected chi connectivity index (χ2v) is 13.4. The van der Waals surface area contributed by atoms with Crippen molar-refractivity contribution in [2.24, 2.45) is 17.8 Å². The summed E-state index contributed by atoms with van der Waals surface area (Å²) in [5.74, 6) is 2.85. The van der Waals surface area contributed by atoms with Gasteiger partial charge in [-0.2, -0.15) is 0 Å². The Kier molecular flexibility index (Phi) is 13.4. The van der Waals surface area contributed by atoms with Gasteiger partial charge in [0.1, 0.15) is 0 Å². The predicted octanol–water partition coefficient (Wildman–Crippen LogP) is 5.32. The molecule has 0 aromatic carbocycles. The number of rotatable bonds is 6. The average molecular weight is 333 g/mol. The normalized spacial score (nSPS) is 10.6. The molecule has 95 valence electrons. The van der Waals surface area contributed by atoms with Crippen LogP contribution in [0.5, 0.6) is 0 Å². The molecular weight excluding hydrogens is 305 g/mol. The fraction of sp³-hybridized carbons (Fsp3) is 1.00. The van der Waals surface area contributed by atoms with Gasteiger partial charge in [0, 0.05) is 0 Å². The summed E-state index contributed by atoms with van der Waals surface area (Å²) < 4.78 is 4.83. The van der Waals surface area contributed by atoms with Gasteiger partial charge in [0.15, 0.2) is 0 Å². The van der Waals surface area contributed by atoms with Crippen molar-refractivity contribution in [3.63, 3.8) is 0 Å². The van der Waals surface area contributed by atoms with Crippen LogP contribution in [0.4, 0.5) is 0 Å². The van der Waals surface area contributed by atoms with Crippen LogP contribution in [0.15, 0.2) is 0 Å². The second-order valence-electron chi connectivity index (χ2n) is 5.64. The smallest absolute Gasteiger partial charge is 0.00208 e. The van der Waals surface area contributed by atoms with E-state index in [2.05, 4.69) is 41.5 Å². The van der Waals surface area contributed by atoms with Crippen LogP contribution in [0.3, 0.4) is 0 Å². The molecule has 0 spiro atoms. The number of nitrogens with zero attached hydrogens (tertiary/aromatic N) is 2. The Labute approximate surface area is 108 Å². The Hall–Kier alpha value is 0.109. The van der Waals surface area contributed by atoms with E-state index >= 15 is 0 Å². The van der Waals surface area contributed by atoms with Gasteiger partial charge in [0.25, 0.3) is 0 Å². The molecule has 16 heavy (non-hydrogen) atoms. The van der Waals surface area contributed by atoms with Gasteiger partial charge in [0.05, 0.1) is 0 Å². The number of hydrogen-bond acceptors (Lipinski definition) is 1. The van der Waals surface area contributed by atoms with Crippen LogP contribution in [-0.2, 0) is 0 Å². The van der Waals surface area contributed by atoms with E-state index in [1.54, 1.807) is 18.2 Å². The fourth-order valence-electron chi connectivity index (χ4n) is 1.98. The Morgan fingerprint density at radius 2 is 1.06 bits per heavy atom. The molecule has 1 radical (unpaired) electrons. The molecular formula is C12H28N3Sn. The molecule has 0 fully saturated rings. The Morgan fingerprint density at radius 1 is 0.875 bits per heavy atom. The molecule has 0 aliphatic rings. The van der Waals surface area contributed by atoms with Crippen molar-refractivity contribution in [2.75, 3.05) is 0 Å². The quantitative estimate of drug-likeness (QED) is 0.296. The maximum Gasteiger partial charge on any atom is -0.00208 e. The van der Waals surface area contributed by atoms with E-state index in [0.717, 1.165) is 17.8 Å². The Balaban J connectivity index is 0. The second kappa shape index (κ2) is 11.6. The van der Waals surface area contributed by atoms with E-state index in [4.69, 9.17) is 11.1 Å². The minimum Gasteiger partial charge on any atom is -0.108 e. The van der Waals surface area contributed by atoms with Crippen LogP contribution < -0.4 is 0 Å². The third-order valence-electron chi connectivity index (χ3n) is 2.09. The minimum absolute atomic E-state index is 0.951. The van der Waals surface area contributed by atoms with E-state index in [-0.39, 0.29) is 0 Å². The van der Waals surface area contributed by atoms with Crippen molar-refractivity contribution < 1.29 is 0 Å². The molecule has 3 nitrogen and oxygen atoms in total. The first-order valence-electron chi connectivity index (χ1n) is 6.17. The van der Waals surface area contributed by atoms with Gasteiger partial charge >= 0.3 is 92.4 Å². The fourth-order valence-corrected chi connectivity index (χ4v) is 13.3. The summed E-state index contributed by atoms with van der Waals surface area (Å²) in [6.45, 7) is 14.3. The summed E-state index contributed by atoms with van der Waals surface area (Å²) in [5, 5.41) is 0. The Morgan fingerprint density at radius 3 is 1.19 bits per heavy atom. The van der Waals surface area contributed by atoms with Crippen LogP contribution in [0, 0.1) is 23.3 Å². The van der Waals surface area contributed by atoms with Crippen LogP contribution in [0.1, 0.15) is 41.5 Å². The average Bonchev–Trinajstić information content (AvgIpc) is 2.00. The first-order chi connectivity index (χ1) is 7.33. The largest absolute Gasteiger partial charge is 0.108 e. The van der Waals surface area contributed by atoms with E-state index in [1.165, 1.54) is 0 Å². The van der Waals surface area contributed by atoms with Gasteiger partial charge in [-0.15, -0.1) is 5.53 Å². The molecule has 0 unspecified atom stereocenters.